The first-order valence-electron chi connectivity index (χ1n) is 11.9. The quantitative estimate of drug-likeness (QED) is 0.381. The summed E-state index contributed by atoms with van der Waals surface area (Å²) < 4.78 is 24.7. The average molecular weight is 509 g/mol. The number of nitrogens with zero attached hydrogens (tertiary/aromatic N) is 1. The molecule has 9 nitrogen and oxygen atoms in total. The normalized spacial score (nSPS) is 15.3. The van der Waals surface area contributed by atoms with Crippen LogP contribution in [-0.2, 0) is 9.59 Å². The van der Waals surface area contributed by atoms with Gasteiger partial charge in [0.05, 0.1) is 24.2 Å². The molecule has 0 spiro atoms. The maximum Gasteiger partial charge on any atom is 0.254 e. The molecule has 37 heavy (non-hydrogen) atoms. The third-order valence-electron chi connectivity index (χ3n) is 6.59. The predicted molar refractivity (Wildman–Crippen MR) is 136 cm³/mol. The summed E-state index contributed by atoms with van der Waals surface area (Å²) in [5.41, 5.74) is 0.185. The van der Waals surface area contributed by atoms with Gasteiger partial charge in [-0.1, -0.05) is 0 Å². The molecule has 2 aromatic carbocycles. The molecule has 3 aromatic rings. The molecule has 4 rings (SSSR count). The molecule has 1 aliphatic carbocycles. The van der Waals surface area contributed by atoms with Gasteiger partial charge in [0.1, 0.15) is 28.8 Å². The number of pyridine rings is 1. The Morgan fingerprint density at radius 2 is 1.73 bits per heavy atom. The highest BCUT2D eigenvalue weighted by Gasteiger charge is 2.56. The van der Waals surface area contributed by atoms with Crippen molar-refractivity contribution in [2.45, 2.75) is 38.8 Å². The Morgan fingerprint density at radius 3 is 2.35 bits per heavy atom. The molecular weight excluding hydrogens is 479 g/mol. The summed E-state index contributed by atoms with van der Waals surface area (Å²) in [4.78, 5) is 42.6. The van der Waals surface area contributed by atoms with Gasteiger partial charge < -0.3 is 25.4 Å². The number of carbonyl (C=O) groups is 3. The van der Waals surface area contributed by atoms with E-state index in [1.54, 1.807) is 38.2 Å². The van der Waals surface area contributed by atoms with E-state index in [2.05, 4.69) is 20.9 Å². The minimum absolute atomic E-state index is 0.309. The molecule has 0 aliphatic heterocycles. The Balaban J connectivity index is 1.46. The van der Waals surface area contributed by atoms with Crippen molar-refractivity contribution in [1.29, 1.82) is 0 Å². The highest BCUT2D eigenvalue weighted by atomic mass is 19.1. The zero-order valence-corrected chi connectivity index (χ0v) is 21.1. The Hall–Kier alpha value is -4.21. The fourth-order valence-corrected chi connectivity index (χ4v) is 3.96. The predicted octanol–water partition coefficient (Wildman–Crippen LogP) is 3.43. The van der Waals surface area contributed by atoms with Gasteiger partial charge in [-0.2, -0.15) is 0 Å². The minimum Gasteiger partial charge on any atom is -0.496 e. The van der Waals surface area contributed by atoms with Gasteiger partial charge in [0, 0.05) is 30.4 Å². The zero-order valence-electron chi connectivity index (χ0n) is 21.1. The van der Waals surface area contributed by atoms with E-state index < -0.39 is 29.3 Å². The van der Waals surface area contributed by atoms with E-state index in [1.165, 1.54) is 38.4 Å². The molecule has 1 aliphatic rings. The van der Waals surface area contributed by atoms with Crippen LogP contribution in [0.5, 0.6) is 11.5 Å². The molecule has 0 radical (unpaired) electrons. The SMILES string of the molecule is CNC(=O)c1cc2c(OC(C)[C@@H](C)NC(=O)C3(C(=O)Nc4ccc(F)cc4)CC3)ccnc2cc1OC. The average Bonchev–Trinajstić information content (AvgIpc) is 3.71. The smallest absolute Gasteiger partial charge is 0.254 e. The van der Waals surface area contributed by atoms with Crippen molar-refractivity contribution < 1.29 is 28.2 Å². The number of benzene rings is 2. The lowest BCUT2D eigenvalue weighted by Crippen LogP contribution is -2.48. The Bertz CT molecular complexity index is 1340. The molecule has 3 amide bonds. The summed E-state index contributed by atoms with van der Waals surface area (Å²) in [7, 11) is 3.01. The summed E-state index contributed by atoms with van der Waals surface area (Å²) in [5, 5.41) is 8.80. The number of nitrogens with one attached hydrogen (secondary N) is 3. The molecule has 0 bridgehead atoms. The van der Waals surface area contributed by atoms with Crippen molar-refractivity contribution in [3.05, 3.63) is 60.0 Å². The van der Waals surface area contributed by atoms with Crippen molar-refractivity contribution in [2.24, 2.45) is 5.41 Å². The largest absolute Gasteiger partial charge is 0.496 e. The number of carbonyl (C=O) groups excluding carboxylic acids is 3. The number of aromatic nitrogens is 1. The number of ether oxygens (including phenoxy) is 2. The highest BCUT2D eigenvalue weighted by molar-refractivity contribution is 6.13. The third-order valence-corrected chi connectivity index (χ3v) is 6.59. The Kier molecular flexibility index (Phi) is 7.28. The van der Waals surface area contributed by atoms with Crippen molar-refractivity contribution >= 4 is 34.3 Å². The molecule has 1 heterocycles. The number of halogens is 1. The first kappa shape index (κ1) is 25.9. The first-order chi connectivity index (χ1) is 17.7. The number of anilines is 1. The van der Waals surface area contributed by atoms with Crippen LogP contribution in [-0.4, -0.2) is 49.0 Å². The van der Waals surface area contributed by atoms with Crippen LogP contribution in [0.2, 0.25) is 0 Å². The van der Waals surface area contributed by atoms with Gasteiger partial charge in [0.2, 0.25) is 11.8 Å². The third kappa shape index (κ3) is 5.32. The Labute approximate surface area is 213 Å². The molecule has 3 N–H and O–H groups in total. The van der Waals surface area contributed by atoms with Gasteiger partial charge in [-0.15, -0.1) is 0 Å². The lowest BCUT2D eigenvalue weighted by atomic mass is 10.0. The fourth-order valence-electron chi connectivity index (χ4n) is 3.96. The summed E-state index contributed by atoms with van der Waals surface area (Å²) >= 11 is 0. The second-order valence-corrected chi connectivity index (χ2v) is 9.09. The van der Waals surface area contributed by atoms with E-state index in [0.29, 0.717) is 46.5 Å². The topological polar surface area (TPSA) is 119 Å². The van der Waals surface area contributed by atoms with Crippen molar-refractivity contribution in [3.63, 3.8) is 0 Å². The van der Waals surface area contributed by atoms with Crippen LogP contribution in [0.15, 0.2) is 48.7 Å². The summed E-state index contributed by atoms with van der Waals surface area (Å²) in [5.74, 6) is -0.656. The molecule has 1 unspecified atom stereocenters. The number of hydrogen-bond donors (Lipinski definition) is 3. The number of methoxy groups -OCH3 is 1. The lowest BCUT2D eigenvalue weighted by molar-refractivity contribution is -0.135. The van der Waals surface area contributed by atoms with Crippen LogP contribution in [0.25, 0.3) is 10.9 Å². The molecular formula is C27H29FN4O5. The molecule has 1 aromatic heterocycles. The van der Waals surface area contributed by atoms with E-state index in [9.17, 15) is 18.8 Å². The second kappa shape index (κ2) is 10.4. The van der Waals surface area contributed by atoms with Gasteiger partial charge in [0.15, 0.2) is 0 Å². The van der Waals surface area contributed by atoms with Crippen LogP contribution < -0.4 is 25.4 Å². The number of fused-ring (bicyclic) bond motifs is 1. The van der Waals surface area contributed by atoms with E-state index >= 15 is 0 Å². The second-order valence-electron chi connectivity index (χ2n) is 9.09. The standard InChI is InChI=1S/C27H29FN4O5/c1-15(31-25(34)27(10-11-27)26(35)32-18-7-5-17(28)6-8-18)16(2)37-22-9-12-30-21-14-23(36-4)20(13-19(21)22)24(33)29-3/h5-9,12-16H,10-11H2,1-4H3,(H,29,33)(H,31,34)(H,32,35)/t15-,16?/m1/s1. The molecule has 194 valence electrons. The van der Waals surface area contributed by atoms with E-state index in [0.717, 1.165) is 0 Å². The number of rotatable bonds is 9. The number of amides is 3. The molecule has 1 fully saturated rings. The zero-order chi connectivity index (χ0) is 26.7. The van der Waals surface area contributed by atoms with Crippen LogP contribution in [0.3, 0.4) is 0 Å². The monoisotopic (exact) mass is 508 g/mol. The van der Waals surface area contributed by atoms with Crippen LogP contribution in [0.4, 0.5) is 10.1 Å². The van der Waals surface area contributed by atoms with Crippen molar-refractivity contribution in [1.82, 2.24) is 15.6 Å². The maximum atomic E-state index is 13.2. The molecule has 2 atom stereocenters. The molecule has 10 heteroatoms. The van der Waals surface area contributed by atoms with E-state index in [-0.39, 0.29) is 11.8 Å². The first-order valence-corrected chi connectivity index (χ1v) is 11.9. The maximum absolute atomic E-state index is 13.2. The van der Waals surface area contributed by atoms with Crippen LogP contribution in [0, 0.1) is 11.2 Å². The van der Waals surface area contributed by atoms with Gasteiger partial charge in [-0.25, -0.2) is 4.39 Å². The molecule has 0 saturated heterocycles. The minimum atomic E-state index is -1.16. The summed E-state index contributed by atoms with van der Waals surface area (Å²) in [6, 6.07) is 9.95. The van der Waals surface area contributed by atoms with Crippen molar-refractivity contribution in [2.75, 3.05) is 19.5 Å². The van der Waals surface area contributed by atoms with E-state index in [1.807, 2.05) is 0 Å². The number of hydrogen-bond acceptors (Lipinski definition) is 6. The van der Waals surface area contributed by atoms with Gasteiger partial charge >= 0.3 is 0 Å². The summed E-state index contributed by atoms with van der Waals surface area (Å²) in [6.45, 7) is 3.59. The van der Waals surface area contributed by atoms with Crippen LogP contribution in [0.1, 0.15) is 37.0 Å². The van der Waals surface area contributed by atoms with Gasteiger partial charge in [-0.05, 0) is 63.1 Å². The van der Waals surface area contributed by atoms with Gasteiger partial charge in [-0.3, -0.25) is 19.4 Å². The van der Waals surface area contributed by atoms with Crippen molar-refractivity contribution in [3.8, 4) is 11.5 Å². The molecule has 1 saturated carbocycles. The Morgan fingerprint density at radius 1 is 1.03 bits per heavy atom. The van der Waals surface area contributed by atoms with E-state index in [4.69, 9.17) is 9.47 Å². The van der Waals surface area contributed by atoms with Gasteiger partial charge in [0.25, 0.3) is 5.91 Å². The highest BCUT2D eigenvalue weighted by Crippen LogP contribution is 2.47. The van der Waals surface area contributed by atoms with Crippen LogP contribution >= 0.6 is 0 Å². The summed E-state index contributed by atoms with van der Waals surface area (Å²) in [6.07, 6.45) is 1.96. The lowest BCUT2D eigenvalue weighted by Gasteiger charge is -2.25. The fraction of sp³-hybridized carbons (Fsp3) is 0.333.